The van der Waals surface area contributed by atoms with E-state index in [1.54, 1.807) is 0 Å². The van der Waals surface area contributed by atoms with E-state index in [1.165, 1.54) is 31.2 Å². The minimum Gasteiger partial charge on any atom is -0.353 e. The molecule has 1 aromatic carbocycles. The molecule has 1 heterocycles. The van der Waals surface area contributed by atoms with Crippen LogP contribution in [0.4, 0.5) is 0 Å². The normalized spacial score (nSPS) is 44.4. The number of nitrogens with one attached hydrogen (secondary N) is 2. The topological polar surface area (TPSA) is 41.1 Å². The molecule has 5 fully saturated rings. The molecule has 2 N–H and O–H groups in total. The summed E-state index contributed by atoms with van der Waals surface area (Å²) in [6.07, 6.45) is 9.50. The van der Waals surface area contributed by atoms with Crippen molar-refractivity contribution >= 4 is 5.91 Å². The Morgan fingerprint density at radius 1 is 1.14 bits per heavy atom. The summed E-state index contributed by atoms with van der Waals surface area (Å²) in [5.74, 6) is 1.62. The van der Waals surface area contributed by atoms with Gasteiger partial charge >= 0.3 is 0 Å². The molecule has 5 aliphatic rings. The Kier molecular flexibility index (Phi) is 4.39. The lowest BCUT2D eigenvalue weighted by Crippen LogP contribution is -2.64. The number of hydrogen-bond acceptors (Lipinski definition) is 2. The Bertz CT molecular complexity index is 748. The van der Waals surface area contributed by atoms with Crippen LogP contribution in [0, 0.1) is 22.7 Å². The zero-order valence-electron chi connectivity index (χ0n) is 17.6. The second kappa shape index (κ2) is 6.58. The van der Waals surface area contributed by atoms with Crippen molar-refractivity contribution in [1.82, 2.24) is 10.6 Å². The quantitative estimate of drug-likeness (QED) is 0.812. The maximum absolute atomic E-state index is 13.8. The van der Waals surface area contributed by atoms with Crippen molar-refractivity contribution in [3.8, 4) is 0 Å². The molecule has 6 rings (SSSR count). The lowest BCUT2D eigenvalue weighted by molar-refractivity contribution is -0.164. The molecule has 3 nitrogen and oxygen atoms in total. The van der Waals surface area contributed by atoms with E-state index in [-0.39, 0.29) is 10.8 Å². The monoisotopic (exact) mass is 380 g/mol. The zero-order valence-corrected chi connectivity index (χ0v) is 17.6. The van der Waals surface area contributed by atoms with Gasteiger partial charge in [-0.15, -0.1) is 0 Å². The van der Waals surface area contributed by atoms with Crippen LogP contribution in [0.5, 0.6) is 0 Å². The third-order valence-electron chi connectivity index (χ3n) is 8.90. The van der Waals surface area contributed by atoms with Crippen molar-refractivity contribution in [2.45, 2.75) is 76.7 Å². The van der Waals surface area contributed by atoms with Crippen molar-refractivity contribution in [3.63, 3.8) is 0 Å². The van der Waals surface area contributed by atoms with E-state index in [9.17, 15) is 4.79 Å². The average molecular weight is 381 g/mol. The van der Waals surface area contributed by atoms with Crippen molar-refractivity contribution in [3.05, 3.63) is 35.9 Å². The van der Waals surface area contributed by atoms with Gasteiger partial charge < -0.3 is 10.6 Å². The fraction of sp³-hybridized carbons (Fsp3) is 0.720. The molecule has 4 saturated carbocycles. The van der Waals surface area contributed by atoms with Gasteiger partial charge in [0.1, 0.15) is 0 Å². The summed E-state index contributed by atoms with van der Waals surface area (Å²) in [4.78, 5) is 13.8. The van der Waals surface area contributed by atoms with E-state index in [4.69, 9.17) is 0 Å². The molecule has 1 saturated heterocycles. The van der Waals surface area contributed by atoms with Crippen LogP contribution < -0.4 is 10.6 Å². The van der Waals surface area contributed by atoms with Gasteiger partial charge in [0.15, 0.2) is 0 Å². The highest BCUT2D eigenvalue weighted by molar-refractivity contribution is 5.84. The number of carbonyl (C=O) groups is 1. The SMILES string of the molecule is CC[C@]12CC3CC(C(=O)NC4CCNCC4C)(C1)C[C@@](c1ccccc1)(C3)C2. The molecular weight excluding hydrogens is 344 g/mol. The molecular formula is C25H36N2O. The predicted molar refractivity (Wildman–Crippen MR) is 113 cm³/mol. The minimum atomic E-state index is -0.143. The zero-order chi connectivity index (χ0) is 19.4. The number of amides is 1. The van der Waals surface area contributed by atoms with Crippen molar-refractivity contribution in [1.29, 1.82) is 0 Å². The first-order valence-corrected chi connectivity index (χ1v) is 11.6. The fourth-order valence-corrected chi connectivity index (χ4v) is 7.95. The Morgan fingerprint density at radius 2 is 1.96 bits per heavy atom. The van der Waals surface area contributed by atoms with Crippen LogP contribution in [-0.4, -0.2) is 25.0 Å². The summed E-state index contributed by atoms with van der Waals surface area (Å²) in [6, 6.07) is 11.5. The van der Waals surface area contributed by atoms with Crippen LogP contribution in [0.1, 0.15) is 70.8 Å². The first-order valence-electron chi connectivity index (χ1n) is 11.6. The van der Waals surface area contributed by atoms with Gasteiger partial charge in [0.25, 0.3) is 0 Å². The third kappa shape index (κ3) is 2.84. The second-order valence-corrected chi connectivity index (χ2v) is 10.8. The maximum Gasteiger partial charge on any atom is 0.226 e. The molecule has 28 heavy (non-hydrogen) atoms. The highest BCUT2D eigenvalue weighted by Crippen LogP contribution is 2.71. The van der Waals surface area contributed by atoms with Gasteiger partial charge in [0.2, 0.25) is 5.91 Å². The average Bonchev–Trinajstić information content (AvgIpc) is 2.69. The van der Waals surface area contributed by atoms with E-state index in [0.717, 1.165) is 38.8 Å². The van der Waals surface area contributed by atoms with Gasteiger partial charge in [0, 0.05) is 6.04 Å². The van der Waals surface area contributed by atoms with Crippen molar-refractivity contribution in [2.75, 3.05) is 13.1 Å². The van der Waals surface area contributed by atoms with E-state index in [0.29, 0.717) is 29.2 Å². The molecule has 4 bridgehead atoms. The molecule has 4 unspecified atom stereocenters. The molecule has 1 aliphatic heterocycles. The van der Waals surface area contributed by atoms with Gasteiger partial charge in [0.05, 0.1) is 5.41 Å². The van der Waals surface area contributed by atoms with E-state index < -0.39 is 0 Å². The summed E-state index contributed by atoms with van der Waals surface area (Å²) >= 11 is 0. The summed E-state index contributed by atoms with van der Waals surface area (Å²) in [6.45, 7) is 6.69. The predicted octanol–water partition coefficient (Wildman–Crippen LogP) is 4.42. The number of benzene rings is 1. The van der Waals surface area contributed by atoms with Crippen LogP contribution in [0.2, 0.25) is 0 Å². The van der Waals surface area contributed by atoms with E-state index >= 15 is 0 Å². The smallest absolute Gasteiger partial charge is 0.226 e. The molecule has 1 aromatic rings. The highest BCUT2D eigenvalue weighted by Gasteiger charge is 2.65. The minimum absolute atomic E-state index is 0.143. The molecule has 0 spiro atoms. The standard InChI is InChI=1S/C25H36N2O/c1-3-23-11-19-12-24(15-23,20-7-5-4-6-8-20)17-25(13-19,16-23)22(28)27-21-9-10-26-14-18(21)2/h4-8,18-19,21,26H,3,9-17H2,1-2H3,(H,27,28)/t18?,19?,21?,23-,24-,25?/m1/s1. The van der Waals surface area contributed by atoms with Crippen molar-refractivity contribution in [2.24, 2.45) is 22.7 Å². The largest absolute Gasteiger partial charge is 0.353 e. The first-order chi connectivity index (χ1) is 13.5. The fourth-order valence-electron chi connectivity index (χ4n) is 7.95. The number of rotatable bonds is 4. The van der Waals surface area contributed by atoms with Gasteiger partial charge in [-0.1, -0.05) is 50.6 Å². The summed E-state index contributed by atoms with van der Waals surface area (Å²) in [5, 5.41) is 7.02. The third-order valence-corrected chi connectivity index (χ3v) is 8.90. The van der Waals surface area contributed by atoms with Crippen LogP contribution >= 0.6 is 0 Å². The molecule has 0 radical (unpaired) electrons. The lowest BCUT2D eigenvalue weighted by Gasteiger charge is -2.66. The van der Waals surface area contributed by atoms with Crippen LogP contribution in [-0.2, 0) is 10.2 Å². The van der Waals surface area contributed by atoms with Gasteiger partial charge in [-0.3, -0.25) is 4.79 Å². The van der Waals surface area contributed by atoms with Crippen molar-refractivity contribution < 1.29 is 4.79 Å². The van der Waals surface area contributed by atoms with E-state index in [2.05, 4.69) is 54.8 Å². The lowest BCUT2D eigenvalue weighted by atomic mass is 9.38. The highest BCUT2D eigenvalue weighted by atomic mass is 16.2. The maximum atomic E-state index is 13.8. The molecule has 6 atom stereocenters. The molecule has 152 valence electrons. The molecule has 1 amide bonds. The Morgan fingerprint density at radius 3 is 2.71 bits per heavy atom. The Hall–Kier alpha value is -1.35. The Balaban J connectivity index is 1.48. The van der Waals surface area contributed by atoms with Gasteiger partial charge in [-0.05, 0) is 86.3 Å². The van der Waals surface area contributed by atoms with Crippen LogP contribution in [0.25, 0.3) is 0 Å². The van der Waals surface area contributed by atoms with E-state index in [1.807, 2.05) is 0 Å². The van der Waals surface area contributed by atoms with Crippen LogP contribution in [0.3, 0.4) is 0 Å². The van der Waals surface area contributed by atoms with Gasteiger partial charge in [-0.2, -0.15) is 0 Å². The number of carbonyl (C=O) groups excluding carboxylic acids is 1. The number of piperidine rings is 1. The summed E-state index contributed by atoms with van der Waals surface area (Å²) in [5.41, 5.74) is 1.93. The Labute approximate surface area is 170 Å². The first kappa shape index (κ1) is 18.7. The van der Waals surface area contributed by atoms with Gasteiger partial charge in [-0.25, -0.2) is 0 Å². The molecule has 4 aliphatic carbocycles. The number of hydrogen-bond donors (Lipinski definition) is 2. The van der Waals surface area contributed by atoms with Crippen LogP contribution in [0.15, 0.2) is 30.3 Å². The molecule has 3 heteroatoms. The summed E-state index contributed by atoms with van der Waals surface area (Å²) in [7, 11) is 0. The summed E-state index contributed by atoms with van der Waals surface area (Å²) < 4.78 is 0. The molecule has 0 aromatic heterocycles. The second-order valence-electron chi connectivity index (χ2n) is 10.8.